The third-order valence-corrected chi connectivity index (χ3v) is 4.94. The average Bonchev–Trinajstić information content (AvgIpc) is 2.90. The second-order valence-electron chi connectivity index (χ2n) is 6.55. The second kappa shape index (κ2) is 6.65. The highest BCUT2D eigenvalue weighted by Crippen LogP contribution is 2.20. The molecule has 4 rings (SSSR count). The maximum absolute atomic E-state index is 8.74. The van der Waals surface area contributed by atoms with E-state index >= 15 is 0 Å². The van der Waals surface area contributed by atoms with Crippen LogP contribution >= 0.6 is 0 Å². The summed E-state index contributed by atoms with van der Waals surface area (Å²) in [5.74, 6) is 0.601. The Hall–Kier alpha value is -2.33. The molecule has 0 saturated carbocycles. The lowest BCUT2D eigenvalue weighted by molar-refractivity contribution is 0.0611. The summed E-state index contributed by atoms with van der Waals surface area (Å²) >= 11 is 0. The lowest BCUT2D eigenvalue weighted by atomic mass is 10.0. The van der Waals surface area contributed by atoms with Crippen LogP contribution in [0.3, 0.4) is 0 Å². The number of benzene rings is 2. The Kier molecular flexibility index (Phi) is 4.22. The maximum Gasteiger partial charge on any atom is 0.203 e. The van der Waals surface area contributed by atoms with Gasteiger partial charge in [0.15, 0.2) is 0 Å². The summed E-state index contributed by atoms with van der Waals surface area (Å²) in [6, 6.07) is 18.8. The van der Waals surface area contributed by atoms with Crippen LogP contribution in [-0.4, -0.2) is 22.3 Å². The summed E-state index contributed by atoms with van der Waals surface area (Å²) in [5, 5.41) is 8.74. The van der Waals surface area contributed by atoms with Gasteiger partial charge in [0, 0.05) is 19.8 Å². The molecule has 0 bridgehead atoms. The molecule has 24 heavy (non-hydrogen) atoms. The van der Waals surface area contributed by atoms with Crippen molar-refractivity contribution in [2.75, 3.05) is 13.2 Å². The molecular weight excluding hydrogens is 298 g/mol. The minimum absolute atomic E-state index is 0.589. The van der Waals surface area contributed by atoms with Gasteiger partial charge in [0.05, 0.1) is 17.6 Å². The highest BCUT2D eigenvalue weighted by molar-refractivity contribution is 5.76. The topological polar surface area (TPSA) is 42.9 Å². The van der Waals surface area contributed by atoms with Gasteiger partial charge in [-0.2, -0.15) is 0 Å². The number of hydrogen-bond acceptors (Lipinski definition) is 2. The van der Waals surface area contributed by atoms with Crippen molar-refractivity contribution in [2.45, 2.75) is 25.9 Å². The van der Waals surface area contributed by atoms with Crippen LogP contribution in [0.1, 0.15) is 18.4 Å². The molecule has 1 N–H and O–H groups in total. The summed E-state index contributed by atoms with van der Waals surface area (Å²) in [7, 11) is 0. The maximum atomic E-state index is 8.74. The van der Waals surface area contributed by atoms with E-state index in [1.54, 1.807) is 0 Å². The molecule has 4 nitrogen and oxygen atoms in total. The zero-order valence-corrected chi connectivity index (χ0v) is 13.8. The Balaban J connectivity index is 1.74. The van der Waals surface area contributed by atoms with Gasteiger partial charge in [-0.25, -0.2) is 0 Å². The third-order valence-electron chi connectivity index (χ3n) is 4.94. The first-order chi connectivity index (χ1) is 11.8. The molecule has 2 heterocycles. The fourth-order valence-corrected chi connectivity index (χ4v) is 3.59. The Bertz CT molecular complexity index is 873. The Morgan fingerprint density at radius 1 is 0.875 bits per heavy atom. The quantitative estimate of drug-likeness (QED) is 0.786. The van der Waals surface area contributed by atoms with Crippen LogP contribution in [0.4, 0.5) is 0 Å². The molecule has 1 aromatic heterocycles. The zero-order chi connectivity index (χ0) is 16.4. The zero-order valence-electron chi connectivity index (χ0n) is 13.8. The van der Waals surface area contributed by atoms with Gasteiger partial charge in [-0.05, 0) is 36.5 Å². The number of fused-ring (bicyclic) bond motifs is 1. The fourth-order valence-electron chi connectivity index (χ4n) is 3.59. The van der Waals surface area contributed by atoms with Crippen LogP contribution in [-0.2, 0) is 17.8 Å². The average molecular weight is 321 g/mol. The summed E-state index contributed by atoms with van der Waals surface area (Å²) in [5.41, 5.74) is 4.11. The number of imidazole rings is 1. The number of nitrogens with one attached hydrogen (secondary N) is 1. The van der Waals surface area contributed by atoms with Crippen LogP contribution < -0.4 is 5.62 Å². The van der Waals surface area contributed by atoms with E-state index in [0.717, 1.165) is 50.2 Å². The molecule has 1 aliphatic rings. The van der Waals surface area contributed by atoms with Gasteiger partial charge in [-0.1, -0.05) is 42.5 Å². The monoisotopic (exact) mass is 321 g/mol. The van der Waals surface area contributed by atoms with Gasteiger partial charge in [0.1, 0.15) is 0 Å². The second-order valence-corrected chi connectivity index (χ2v) is 6.55. The molecule has 1 aliphatic heterocycles. The van der Waals surface area contributed by atoms with Gasteiger partial charge < -0.3 is 13.9 Å². The summed E-state index contributed by atoms with van der Waals surface area (Å²) in [6.45, 7) is 3.34. The predicted octanol–water partition coefficient (Wildman–Crippen LogP) is 3.40. The number of aromatic nitrogens is 2. The summed E-state index contributed by atoms with van der Waals surface area (Å²) < 4.78 is 9.77. The molecule has 2 aromatic carbocycles. The molecule has 1 saturated heterocycles. The van der Waals surface area contributed by atoms with Crippen molar-refractivity contribution in [2.24, 2.45) is 5.92 Å². The third kappa shape index (κ3) is 2.89. The smallest absolute Gasteiger partial charge is 0.203 e. The summed E-state index contributed by atoms with van der Waals surface area (Å²) in [6.07, 6.45) is 2.18. The van der Waals surface area contributed by atoms with Gasteiger partial charge >= 0.3 is 0 Å². The van der Waals surface area contributed by atoms with Crippen LogP contribution in [0.25, 0.3) is 11.0 Å². The van der Waals surface area contributed by atoms with Crippen molar-refractivity contribution in [3.63, 3.8) is 0 Å². The fraction of sp³-hybridized carbons (Fsp3) is 0.350. The van der Waals surface area contributed by atoms with Crippen LogP contribution in [0, 0.1) is 11.3 Å². The number of rotatable bonds is 4. The molecule has 0 atom stereocenters. The lowest BCUT2D eigenvalue weighted by Crippen LogP contribution is -2.29. The number of nitrogens with zero attached hydrogens (tertiary/aromatic N) is 2. The van der Waals surface area contributed by atoms with Crippen molar-refractivity contribution in [1.82, 2.24) is 9.13 Å². The van der Waals surface area contributed by atoms with Crippen molar-refractivity contribution < 1.29 is 4.74 Å². The first kappa shape index (κ1) is 15.2. The van der Waals surface area contributed by atoms with Gasteiger partial charge in [0.2, 0.25) is 5.62 Å². The van der Waals surface area contributed by atoms with Gasteiger partial charge in [-0.15, -0.1) is 0 Å². The molecule has 0 spiro atoms. The molecular formula is C20H23N3O. The molecule has 4 heteroatoms. The minimum atomic E-state index is 0.589. The lowest BCUT2D eigenvalue weighted by Gasteiger charge is -2.22. The van der Waals surface area contributed by atoms with Crippen LogP contribution in [0.15, 0.2) is 54.6 Å². The first-order valence-corrected chi connectivity index (χ1v) is 8.67. The van der Waals surface area contributed by atoms with E-state index in [0.29, 0.717) is 11.5 Å². The van der Waals surface area contributed by atoms with E-state index in [4.69, 9.17) is 10.1 Å². The Morgan fingerprint density at radius 3 is 2.21 bits per heavy atom. The number of hydrogen-bond donors (Lipinski definition) is 1. The Labute approximate surface area is 141 Å². The van der Waals surface area contributed by atoms with Gasteiger partial charge in [-0.3, -0.25) is 5.41 Å². The number of para-hydroxylation sites is 2. The van der Waals surface area contributed by atoms with Crippen LogP contribution in [0.5, 0.6) is 0 Å². The first-order valence-electron chi connectivity index (χ1n) is 8.67. The van der Waals surface area contributed by atoms with E-state index < -0.39 is 0 Å². The van der Waals surface area contributed by atoms with E-state index in [1.165, 1.54) is 5.56 Å². The van der Waals surface area contributed by atoms with Gasteiger partial charge in [0.25, 0.3) is 0 Å². The normalized spacial score (nSPS) is 15.8. The highest BCUT2D eigenvalue weighted by atomic mass is 16.5. The highest BCUT2D eigenvalue weighted by Gasteiger charge is 2.18. The van der Waals surface area contributed by atoms with E-state index in [2.05, 4.69) is 57.7 Å². The minimum Gasteiger partial charge on any atom is -0.381 e. The largest absolute Gasteiger partial charge is 0.381 e. The Morgan fingerprint density at radius 2 is 1.50 bits per heavy atom. The number of ether oxygens (including phenoxy) is 1. The van der Waals surface area contributed by atoms with Crippen molar-refractivity contribution in [3.05, 3.63) is 65.8 Å². The van der Waals surface area contributed by atoms with Crippen molar-refractivity contribution in [1.29, 1.82) is 5.41 Å². The standard InChI is InChI=1S/C20H23N3O/c21-20-22(14-16-6-2-1-3-7-16)18-8-4-5-9-19(18)23(20)15-17-10-12-24-13-11-17/h1-9,17,21H,10-15H2. The van der Waals surface area contributed by atoms with Crippen LogP contribution in [0.2, 0.25) is 0 Å². The molecule has 1 fully saturated rings. The van der Waals surface area contributed by atoms with Crippen molar-refractivity contribution >= 4 is 11.0 Å². The molecule has 0 amide bonds. The van der Waals surface area contributed by atoms with E-state index in [9.17, 15) is 0 Å². The molecule has 0 radical (unpaired) electrons. The molecule has 0 aliphatic carbocycles. The molecule has 0 unspecified atom stereocenters. The molecule has 124 valence electrons. The molecule has 3 aromatic rings. The van der Waals surface area contributed by atoms with E-state index in [-0.39, 0.29) is 0 Å². The van der Waals surface area contributed by atoms with Crippen molar-refractivity contribution in [3.8, 4) is 0 Å². The van der Waals surface area contributed by atoms with E-state index in [1.807, 2.05) is 6.07 Å². The predicted molar refractivity (Wildman–Crippen MR) is 94.9 cm³/mol. The SMILES string of the molecule is N=c1n(Cc2ccccc2)c2ccccc2n1CC1CCOCC1. The summed E-state index contributed by atoms with van der Waals surface area (Å²) in [4.78, 5) is 0.